The third-order valence-corrected chi connectivity index (χ3v) is 4.55. The molecule has 0 aliphatic carbocycles. The molecule has 0 saturated carbocycles. The van der Waals surface area contributed by atoms with Crippen LogP contribution < -0.4 is 10.6 Å². The van der Waals surface area contributed by atoms with Crippen LogP contribution in [-0.2, 0) is 23.2 Å². The van der Waals surface area contributed by atoms with Gasteiger partial charge >= 0.3 is 7.82 Å². The Hall–Kier alpha value is -1.48. The minimum atomic E-state index is -4.21. The van der Waals surface area contributed by atoms with Gasteiger partial charge in [0.2, 0.25) is 11.8 Å². The molecule has 11 heteroatoms. The van der Waals surface area contributed by atoms with E-state index in [0.29, 0.717) is 18.7 Å². The molecule has 0 aromatic heterocycles. The van der Waals surface area contributed by atoms with E-state index in [2.05, 4.69) is 15.8 Å². The first-order chi connectivity index (χ1) is 12.7. The Bertz CT molecular complexity index is 600. The molecule has 0 heterocycles. The molecule has 0 bridgehead atoms. The van der Waals surface area contributed by atoms with Gasteiger partial charge in [-0.2, -0.15) is 0 Å². The Labute approximate surface area is 166 Å². The maximum Gasteiger partial charge on any atom is 0.472 e. The highest BCUT2D eigenvalue weighted by Gasteiger charge is 2.32. The van der Waals surface area contributed by atoms with Crippen LogP contribution in [0.3, 0.4) is 0 Å². The lowest BCUT2D eigenvalue weighted by Gasteiger charge is -2.27. The summed E-state index contributed by atoms with van der Waals surface area (Å²) in [4.78, 5) is 33.4. The first-order valence-electron chi connectivity index (χ1n) is 9.07. The monoisotopic (exact) mass is 424 g/mol. The van der Waals surface area contributed by atoms with Crippen LogP contribution >= 0.6 is 7.82 Å². The third kappa shape index (κ3) is 14.6. The Balaban J connectivity index is 4.19. The summed E-state index contributed by atoms with van der Waals surface area (Å²) in [5.41, 5.74) is -0.906. The van der Waals surface area contributed by atoms with Crippen molar-refractivity contribution in [3.05, 3.63) is 0 Å². The first-order valence-corrected chi connectivity index (χ1v) is 10.6. The van der Waals surface area contributed by atoms with Crippen LogP contribution in [0, 0.1) is 5.41 Å². The maximum absolute atomic E-state index is 12.0. The largest absolute Gasteiger partial charge is 0.472 e. The molecule has 0 spiro atoms. The van der Waals surface area contributed by atoms with E-state index in [1.165, 1.54) is 0 Å². The Morgan fingerprint density at radius 3 is 2.14 bits per heavy atom. The van der Waals surface area contributed by atoms with E-state index in [-0.39, 0.29) is 37.8 Å². The molecule has 0 saturated heterocycles. The Morgan fingerprint density at radius 1 is 1.07 bits per heavy atom. The second-order valence-corrected chi connectivity index (χ2v) is 9.71. The van der Waals surface area contributed by atoms with Crippen LogP contribution in [0.25, 0.3) is 0 Å². The van der Waals surface area contributed by atoms with E-state index in [1.807, 2.05) is 0 Å². The Kier molecular flexibility index (Phi) is 10.9. The van der Waals surface area contributed by atoms with Gasteiger partial charge in [-0.05, 0) is 33.1 Å². The molecule has 0 aromatic carbocycles. The van der Waals surface area contributed by atoms with Crippen LogP contribution in [0.5, 0.6) is 0 Å². The number of carbonyl (C=O) groups excluding carboxylic acids is 2. The molecular weight excluding hydrogens is 389 g/mol. The number of nitrogens with one attached hydrogen (secondary N) is 2. The quantitative estimate of drug-likeness (QED) is 0.187. The zero-order valence-electron chi connectivity index (χ0n) is 17.6. The van der Waals surface area contributed by atoms with Crippen molar-refractivity contribution < 1.29 is 33.3 Å². The average Bonchev–Trinajstić information content (AvgIpc) is 2.50. The lowest BCUT2D eigenvalue weighted by molar-refractivity contribution is -0.124. The van der Waals surface area contributed by atoms with Crippen LogP contribution in [-0.4, -0.2) is 52.9 Å². The van der Waals surface area contributed by atoms with Crippen molar-refractivity contribution in [3.8, 4) is 0 Å². The highest BCUT2D eigenvalue weighted by atomic mass is 31.2. The molecule has 1 atom stereocenters. The molecule has 1 unspecified atom stereocenters. The Morgan fingerprint density at radius 2 is 1.61 bits per heavy atom. The van der Waals surface area contributed by atoms with E-state index < -0.39 is 18.8 Å². The summed E-state index contributed by atoms with van der Waals surface area (Å²) in [7, 11) is -4.21. The highest BCUT2D eigenvalue weighted by molar-refractivity contribution is 7.47. The van der Waals surface area contributed by atoms with Crippen molar-refractivity contribution in [2.24, 2.45) is 10.6 Å². The molecule has 0 aliphatic rings. The lowest BCUT2D eigenvalue weighted by Crippen LogP contribution is -2.34. The van der Waals surface area contributed by atoms with Gasteiger partial charge in [0.1, 0.15) is 5.71 Å². The summed E-state index contributed by atoms with van der Waals surface area (Å²) >= 11 is 0. The smallest absolute Gasteiger partial charge is 0.469 e. The average molecular weight is 424 g/mol. The summed E-state index contributed by atoms with van der Waals surface area (Å²) in [6.45, 7) is 10.5. The van der Waals surface area contributed by atoms with E-state index in [9.17, 15) is 19.0 Å². The maximum atomic E-state index is 12.0. The molecule has 0 aromatic rings. The fraction of sp³-hybridized carbons (Fsp3) is 0.824. The van der Waals surface area contributed by atoms with Gasteiger partial charge in [0.05, 0.1) is 12.2 Å². The van der Waals surface area contributed by atoms with Gasteiger partial charge in [-0.3, -0.25) is 18.6 Å². The molecule has 10 nitrogen and oxygen atoms in total. The van der Waals surface area contributed by atoms with Crippen molar-refractivity contribution >= 4 is 25.3 Å². The van der Waals surface area contributed by atoms with Gasteiger partial charge in [0.15, 0.2) is 0 Å². The standard InChI is InChI=1S/C17H34N3O7P/c1-13(20-23)7-9-18-14(21)8-10-19-15(22)11-17(5,6)12-26-28(24,25)27-16(2,3)4/h23H,7-12H2,1-6H3,(H,18,21)(H,19,22)(H,24,25)/p+1/b20-13+. The van der Waals surface area contributed by atoms with Gasteiger partial charge < -0.3 is 20.7 Å². The minimum absolute atomic E-state index is 0.0588. The summed E-state index contributed by atoms with van der Waals surface area (Å²) in [5.74, 6) is -0.496. The second kappa shape index (κ2) is 11.5. The SMILES string of the molecule is C/C(CCNC(=O)CCNC(=O)CC(C)(C)COP(=O)(O)OC(C)(C)C)=N\[OH2+]. The zero-order valence-corrected chi connectivity index (χ0v) is 18.5. The number of nitrogens with zero attached hydrogens (tertiary/aromatic N) is 1. The molecule has 0 radical (unpaired) electrons. The van der Waals surface area contributed by atoms with E-state index in [1.54, 1.807) is 41.5 Å². The van der Waals surface area contributed by atoms with Crippen molar-refractivity contribution in [3.63, 3.8) is 0 Å². The number of phosphoric acid groups is 1. The van der Waals surface area contributed by atoms with Gasteiger partial charge in [-0.15, -0.1) is 0 Å². The number of hydrogen-bond acceptors (Lipinski definition) is 6. The molecule has 164 valence electrons. The molecule has 0 fully saturated rings. The van der Waals surface area contributed by atoms with Crippen molar-refractivity contribution in [2.45, 2.75) is 66.4 Å². The van der Waals surface area contributed by atoms with Gasteiger partial charge in [-0.25, -0.2) is 4.57 Å². The molecule has 2 amide bonds. The van der Waals surface area contributed by atoms with Crippen LogP contribution in [0.15, 0.2) is 5.16 Å². The predicted molar refractivity (Wildman–Crippen MR) is 107 cm³/mol. The van der Waals surface area contributed by atoms with E-state index in [4.69, 9.17) is 14.3 Å². The zero-order chi connectivity index (χ0) is 22.0. The van der Waals surface area contributed by atoms with Crippen LogP contribution in [0.2, 0.25) is 0 Å². The first kappa shape index (κ1) is 26.5. The lowest BCUT2D eigenvalue weighted by atomic mass is 9.90. The molecular formula is C17H35N3O7P+. The highest BCUT2D eigenvalue weighted by Crippen LogP contribution is 2.48. The number of carbonyl (C=O) groups is 2. The van der Waals surface area contributed by atoms with Crippen LogP contribution in [0.1, 0.15) is 60.8 Å². The number of hydrogen-bond donors (Lipinski definition) is 3. The van der Waals surface area contributed by atoms with E-state index in [0.717, 1.165) is 0 Å². The van der Waals surface area contributed by atoms with Crippen molar-refractivity contribution in [2.75, 3.05) is 19.7 Å². The second-order valence-electron chi connectivity index (χ2n) is 8.33. The fourth-order valence-electron chi connectivity index (χ4n) is 2.02. The fourth-order valence-corrected chi connectivity index (χ4v) is 3.28. The van der Waals surface area contributed by atoms with Gasteiger partial charge in [0, 0.05) is 37.5 Å². The summed E-state index contributed by atoms with van der Waals surface area (Å²) in [5, 5.41) is 15.4. The van der Waals surface area contributed by atoms with Crippen molar-refractivity contribution in [1.82, 2.24) is 10.6 Å². The third-order valence-electron chi connectivity index (χ3n) is 3.32. The summed E-state index contributed by atoms with van der Waals surface area (Å²) < 4.78 is 21.9. The van der Waals surface area contributed by atoms with Gasteiger partial charge in [0.25, 0.3) is 0 Å². The summed E-state index contributed by atoms with van der Waals surface area (Å²) in [6.07, 6.45) is 0.692. The topological polar surface area (TPSA) is 149 Å². The summed E-state index contributed by atoms with van der Waals surface area (Å²) in [6, 6.07) is 0. The minimum Gasteiger partial charge on any atom is -0.469 e. The van der Waals surface area contributed by atoms with Crippen molar-refractivity contribution in [1.29, 1.82) is 0 Å². The predicted octanol–water partition coefficient (Wildman–Crippen LogP) is 1.45. The van der Waals surface area contributed by atoms with Crippen LogP contribution in [0.4, 0.5) is 0 Å². The van der Waals surface area contributed by atoms with E-state index >= 15 is 0 Å². The molecule has 0 rings (SSSR count). The number of amides is 2. The van der Waals surface area contributed by atoms with Gasteiger partial charge in [-0.1, -0.05) is 13.8 Å². The number of phosphoric ester groups is 1. The normalized spacial score (nSPS) is 15.0. The molecule has 0 aliphatic heterocycles. The number of rotatable bonds is 12. The molecule has 28 heavy (non-hydrogen) atoms. The molecule has 5 N–H and O–H groups in total.